The summed E-state index contributed by atoms with van der Waals surface area (Å²) in [6.45, 7) is 0. The summed E-state index contributed by atoms with van der Waals surface area (Å²) in [5.41, 5.74) is -3.86. The highest BCUT2D eigenvalue weighted by atomic mass is 35.5. The van der Waals surface area contributed by atoms with E-state index in [4.69, 9.17) is 23.2 Å². The van der Waals surface area contributed by atoms with Crippen LogP contribution in [0.2, 0.25) is 0 Å². The molecule has 0 heterocycles. The van der Waals surface area contributed by atoms with Crippen molar-refractivity contribution >= 4 is 23.2 Å². The minimum absolute atomic E-state index is 0.426. The molecule has 0 aromatic rings. The van der Waals surface area contributed by atoms with Gasteiger partial charge >= 0.3 is 6.18 Å². The highest BCUT2D eigenvalue weighted by Crippen LogP contribution is 2.49. The van der Waals surface area contributed by atoms with Gasteiger partial charge in [0.1, 0.15) is 5.83 Å². The third-order valence-corrected chi connectivity index (χ3v) is 2.46. The van der Waals surface area contributed by atoms with Crippen molar-refractivity contribution in [3.63, 3.8) is 0 Å². The Labute approximate surface area is 86.0 Å². The molecule has 0 aromatic heterocycles. The number of allylic oxidation sites excluding steroid dienone is 4. The molecule has 1 rings (SSSR count). The summed E-state index contributed by atoms with van der Waals surface area (Å²) in [5.74, 6) is -1.36. The summed E-state index contributed by atoms with van der Waals surface area (Å²) in [6.07, 6.45) is -6.34. The molecule has 1 unspecified atom stereocenters. The average molecular weight is 253 g/mol. The molecule has 0 amide bonds. The van der Waals surface area contributed by atoms with Crippen molar-refractivity contribution in [2.45, 2.75) is 18.3 Å². The Hall–Kier alpha value is -0.290. The van der Waals surface area contributed by atoms with E-state index in [0.717, 1.165) is 0 Å². The van der Waals surface area contributed by atoms with Crippen LogP contribution in [-0.4, -0.2) is 11.8 Å². The Morgan fingerprint density at radius 1 is 1.29 bits per heavy atom. The van der Waals surface area contributed by atoms with Crippen LogP contribution in [0, 0.1) is 0 Å². The second-order valence-electron chi connectivity index (χ2n) is 2.72. The van der Waals surface area contributed by atoms with Gasteiger partial charge in [-0.3, -0.25) is 0 Å². The van der Waals surface area contributed by atoms with E-state index in [0.29, 0.717) is 6.08 Å². The highest BCUT2D eigenvalue weighted by molar-refractivity contribution is 6.35. The topological polar surface area (TPSA) is 0 Å². The average Bonchev–Trinajstić information content (AvgIpc) is 1.99. The van der Waals surface area contributed by atoms with Crippen molar-refractivity contribution in [3.05, 3.63) is 22.0 Å². The molecule has 7 heteroatoms. The first-order chi connectivity index (χ1) is 6.18. The zero-order valence-electron chi connectivity index (χ0n) is 6.43. The fourth-order valence-corrected chi connectivity index (χ4v) is 1.44. The Bertz CT molecular complexity index is 317. The van der Waals surface area contributed by atoms with E-state index in [2.05, 4.69) is 0 Å². The monoisotopic (exact) mass is 252 g/mol. The lowest BCUT2D eigenvalue weighted by atomic mass is 9.95. The van der Waals surface area contributed by atoms with Gasteiger partial charge in [0.05, 0.1) is 10.1 Å². The predicted molar refractivity (Wildman–Crippen MR) is 42.4 cm³/mol. The molecule has 0 aromatic carbocycles. The highest BCUT2D eigenvalue weighted by Gasteiger charge is 2.60. The van der Waals surface area contributed by atoms with Crippen molar-refractivity contribution in [3.8, 4) is 0 Å². The molecule has 80 valence electrons. The van der Waals surface area contributed by atoms with Gasteiger partial charge in [-0.15, -0.1) is 0 Å². The lowest BCUT2D eigenvalue weighted by molar-refractivity contribution is -0.214. The molecule has 0 nitrogen and oxygen atoms in total. The van der Waals surface area contributed by atoms with Crippen LogP contribution in [0.3, 0.4) is 0 Å². The van der Waals surface area contributed by atoms with E-state index in [1.165, 1.54) is 0 Å². The van der Waals surface area contributed by atoms with Crippen LogP contribution >= 0.6 is 23.2 Å². The summed E-state index contributed by atoms with van der Waals surface area (Å²) in [5, 5.41) is -1.76. The summed E-state index contributed by atoms with van der Waals surface area (Å²) in [4.78, 5) is 0. The molecule has 0 bridgehead atoms. The first-order valence-electron chi connectivity index (χ1n) is 3.36. The summed E-state index contributed by atoms with van der Waals surface area (Å²) in [6, 6.07) is 0. The minimum Gasteiger partial charge on any atom is -0.227 e. The largest absolute Gasteiger partial charge is 0.428 e. The van der Waals surface area contributed by atoms with Gasteiger partial charge < -0.3 is 0 Å². The van der Waals surface area contributed by atoms with Crippen LogP contribution in [0.5, 0.6) is 0 Å². The van der Waals surface area contributed by atoms with Crippen LogP contribution in [-0.2, 0) is 0 Å². The standard InChI is InChI=1S/C7H3Cl2F5/c8-3-1-5(9)6(11,2-4(3)10)7(12,13)14/h1H,2H2. The Morgan fingerprint density at radius 2 is 1.79 bits per heavy atom. The molecule has 14 heavy (non-hydrogen) atoms. The molecular formula is C7H3Cl2F5. The Kier molecular flexibility index (Phi) is 2.84. The van der Waals surface area contributed by atoms with Crippen LogP contribution in [0.4, 0.5) is 22.0 Å². The van der Waals surface area contributed by atoms with E-state index >= 15 is 0 Å². The van der Waals surface area contributed by atoms with E-state index in [1.807, 2.05) is 0 Å². The zero-order chi connectivity index (χ0) is 11.1. The van der Waals surface area contributed by atoms with Crippen LogP contribution < -0.4 is 0 Å². The Balaban J connectivity index is 3.16. The van der Waals surface area contributed by atoms with Gasteiger partial charge in [0, 0.05) is 6.42 Å². The maximum Gasteiger partial charge on any atom is 0.428 e. The summed E-state index contributed by atoms with van der Waals surface area (Å²) < 4.78 is 62.4. The molecule has 0 radical (unpaired) electrons. The van der Waals surface area contributed by atoms with Gasteiger partial charge in [-0.05, 0) is 6.08 Å². The van der Waals surface area contributed by atoms with Crippen molar-refractivity contribution in [2.24, 2.45) is 0 Å². The van der Waals surface area contributed by atoms with Gasteiger partial charge in [0.2, 0.25) is 5.67 Å². The SMILES string of the molecule is FC1=C(Cl)C=C(Cl)C(F)(C(F)(F)F)C1. The number of halogens is 7. The first kappa shape index (κ1) is 11.8. The fourth-order valence-electron chi connectivity index (χ4n) is 0.922. The predicted octanol–water partition coefficient (Wildman–Crippen LogP) is 4.20. The fraction of sp³-hybridized carbons (Fsp3) is 0.429. The van der Waals surface area contributed by atoms with Crippen molar-refractivity contribution in [1.82, 2.24) is 0 Å². The third kappa shape index (κ3) is 1.75. The quantitative estimate of drug-likeness (QED) is 0.567. The van der Waals surface area contributed by atoms with E-state index in [-0.39, 0.29) is 0 Å². The van der Waals surface area contributed by atoms with Gasteiger partial charge in [-0.1, -0.05) is 23.2 Å². The summed E-state index contributed by atoms with van der Waals surface area (Å²) >= 11 is 10.2. The van der Waals surface area contributed by atoms with Crippen LogP contribution in [0.15, 0.2) is 22.0 Å². The van der Waals surface area contributed by atoms with Crippen LogP contribution in [0.1, 0.15) is 6.42 Å². The maximum absolute atomic E-state index is 13.2. The van der Waals surface area contributed by atoms with E-state index < -0.39 is 34.2 Å². The lowest BCUT2D eigenvalue weighted by Crippen LogP contribution is -2.42. The van der Waals surface area contributed by atoms with Gasteiger partial charge in [-0.25, -0.2) is 8.78 Å². The normalized spacial score (nSPS) is 29.2. The number of alkyl halides is 4. The molecule has 0 spiro atoms. The van der Waals surface area contributed by atoms with Crippen molar-refractivity contribution < 1.29 is 22.0 Å². The number of hydrogen-bond acceptors (Lipinski definition) is 0. The van der Waals surface area contributed by atoms with E-state index in [1.54, 1.807) is 0 Å². The van der Waals surface area contributed by atoms with Gasteiger partial charge in [-0.2, -0.15) is 13.2 Å². The molecule has 0 N–H and O–H groups in total. The van der Waals surface area contributed by atoms with Gasteiger partial charge in [0.15, 0.2) is 0 Å². The van der Waals surface area contributed by atoms with Crippen molar-refractivity contribution in [1.29, 1.82) is 0 Å². The lowest BCUT2D eigenvalue weighted by Gasteiger charge is -2.29. The Morgan fingerprint density at radius 3 is 2.21 bits per heavy atom. The molecule has 1 aliphatic carbocycles. The molecule has 0 fully saturated rings. The smallest absolute Gasteiger partial charge is 0.227 e. The van der Waals surface area contributed by atoms with E-state index in [9.17, 15) is 22.0 Å². The number of rotatable bonds is 0. The zero-order valence-corrected chi connectivity index (χ0v) is 7.94. The maximum atomic E-state index is 13.2. The minimum atomic E-state index is -5.25. The molecule has 1 atom stereocenters. The van der Waals surface area contributed by atoms with Crippen LogP contribution in [0.25, 0.3) is 0 Å². The second kappa shape index (κ2) is 3.38. The van der Waals surface area contributed by atoms with Crippen molar-refractivity contribution in [2.75, 3.05) is 0 Å². The third-order valence-electron chi connectivity index (χ3n) is 1.74. The molecular weight excluding hydrogens is 250 g/mol. The molecule has 1 aliphatic rings. The summed E-state index contributed by atoms with van der Waals surface area (Å²) in [7, 11) is 0. The molecule has 0 aliphatic heterocycles. The number of hydrogen-bond donors (Lipinski definition) is 0. The molecule has 0 saturated heterocycles. The molecule has 0 saturated carbocycles. The first-order valence-corrected chi connectivity index (χ1v) is 4.11. The van der Waals surface area contributed by atoms with Gasteiger partial charge in [0.25, 0.3) is 0 Å². The second-order valence-corrected chi connectivity index (χ2v) is 3.54.